The van der Waals surface area contributed by atoms with E-state index >= 15 is 0 Å². The maximum atomic E-state index is 12.9. The lowest BCUT2D eigenvalue weighted by Crippen LogP contribution is -2.00. The Morgan fingerprint density at radius 1 is 1.09 bits per heavy atom. The minimum atomic E-state index is 0.200. The monoisotopic (exact) mass is 349 g/mol. The zero-order valence-corrected chi connectivity index (χ0v) is 13.3. The smallest absolute Gasteiger partial charge is 0.192 e. The van der Waals surface area contributed by atoms with Gasteiger partial charge in [0.25, 0.3) is 0 Å². The summed E-state index contributed by atoms with van der Waals surface area (Å²) in [5.41, 5.74) is 6.06. The normalized spacial score (nSPS) is 16.7. The van der Waals surface area contributed by atoms with E-state index in [0.29, 0.717) is 0 Å². The van der Waals surface area contributed by atoms with Crippen molar-refractivity contribution < 1.29 is 4.79 Å². The molecule has 1 heterocycles. The second kappa shape index (κ2) is 4.20. The first-order chi connectivity index (χ1) is 10.7. The average molecular weight is 350 g/mol. The number of carbonyl (C=O) groups is 1. The Bertz CT molecular complexity index is 1050. The minimum absolute atomic E-state index is 0.200. The number of nitrogens with one attached hydrogen (secondary N) is 1. The van der Waals surface area contributed by atoms with Crippen molar-refractivity contribution in [3.8, 4) is 0 Å². The van der Waals surface area contributed by atoms with Crippen LogP contribution in [0.3, 0.4) is 0 Å². The van der Waals surface area contributed by atoms with Crippen LogP contribution in [0.15, 0.2) is 52.5 Å². The largest absolute Gasteiger partial charge is 0.354 e. The summed E-state index contributed by atoms with van der Waals surface area (Å²) >= 11 is 3.53. The number of hydrogen-bond donors (Lipinski definition) is 1. The third-order valence-corrected chi connectivity index (χ3v) is 5.19. The predicted molar refractivity (Wildman–Crippen MR) is 93.1 cm³/mol. The number of benzene rings is 2. The molecular formula is C19H12BrNO. The maximum Gasteiger partial charge on any atom is 0.192 e. The Labute approximate surface area is 135 Å². The summed E-state index contributed by atoms with van der Waals surface area (Å²) < 4.78 is 1.05. The summed E-state index contributed by atoms with van der Waals surface area (Å²) in [5.74, 6) is 0.200. The third-order valence-electron chi connectivity index (χ3n) is 4.70. The van der Waals surface area contributed by atoms with Gasteiger partial charge >= 0.3 is 0 Å². The van der Waals surface area contributed by atoms with Crippen LogP contribution < -0.4 is 0 Å². The number of H-pyrrole nitrogens is 1. The van der Waals surface area contributed by atoms with Gasteiger partial charge in [-0.05, 0) is 42.2 Å². The van der Waals surface area contributed by atoms with Crippen molar-refractivity contribution in [3.05, 3.63) is 63.7 Å². The van der Waals surface area contributed by atoms with E-state index in [1.807, 2.05) is 6.07 Å². The summed E-state index contributed by atoms with van der Waals surface area (Å²) in [6, 6.07) is 10.4. The van der Waals surface area contributed by atoms with Gasteiger partial charge in [0.2, 0.25) is 0 Å². The summed E-state index contributed by atoms with van der Waals surface area (Å²) in [6.07, 6.45) is 6.08. The molecule has 22 heavy (non-hydrogen) atoms. The molecule has 0 unspecified atom stereocenters. The topological polar surface area (TPSA) is 32.9 Å². The van der Waals surface area contributed by atoms with Crippen LogP contribution in [0.5, 0.6) is 0 Å². The summed E-state index contributed by atoms with van der Waals surface area (Å²) in [5, 5.41) is 2.27. The van der Waals surface area contributed by atoms with Gasteiger partial charge in [0.1, 0.15) is 0 Å². The highest BCUT2D eigenvalue weighted by atomic mass is 79.9. The highest BCUT2D eigenvalue weighted by Gasteiger charge is 2.31. The molecule has 1 aromatic heterocycles. The lowest BCUT2D eigenvalue weighted by molar-refractivity contribution is 0.103. The molecule has 0 spiro atoms. The van der Waals surface area contributed by atoms with Crippen LogP contribution in [-0.4, -0.2) is 10.8 Å². The summed E-state index contributed by atoms with van der Waals surface area (Å²) in [6.45, 7) is 0. The first kappa shape index (κ1) is 12.4. The molecule has 3 aromatic rings. The molecule has 2 aromatic carbocycles. The van der Waals surface area contributed by atoms with Gasteiger partial charge in [-0.3, -0.25) is 4.79 Å². The zero-order chi connectivity index (χ0) is 14.8. The molecule has 0 atom stereocenters. The van der Waals surface area contributed by atoms with Crippen LogP contribution in [0.25, 0.3) is 27.4 Å². The number of aromatic amines is 1. The van der Waals surface area contributed by atoms with Gasteiger partial charge in [-0.2, -0.15) is 0 Å². The highest BCUT2D eigenvalue weighted by molar-refractivity contribution is 9.10. The van der Waals surface area contributed by atoms with Crippen LogP contribution in [-0.2, 0) is 0 Å². The lowest BCUT2D eigenvalue weighted by Gasteiger charge is -2.06. The molecule has 2 aliphatic rings. The van der Waals surface area contributed by atoms with Crippen molar-refractivity contribution in [2.45, 2.75) is 12.8 Å². The van der Waals surface area contributed by atoms with Crippen LogP contribution >= 0.6 is 15.9 Å². The number of allylic oxidation sites excluding steroid dienone is 4. The van der Waals surface area contributed by atoms with Crippen molar-refractivity contribution >= 4 is 49.1 Å². The second-order valence-electron chi connectivity index (χ2n) is 5.89. The fraction of sp³-hybridized carbons (Fsp3) is 0.105. The van der Waals surface area contributed by atoms with E-state index in [1.165, 1.54) is 0 Å². The van der Waals surface area contributed by atoms with Crippen molar-refractivity contribution in [2.24, 2.45) is 0 Å². The lowest BCUT2D eigenvalue weighted by atomic mass is 9.98. The number of carbonyl (C=O) groups excluding carboxylic acids is 1. The Morgan fingerprint density at radius 3 is 2.91 bits per heavy atom. The SMILES string of the molecule is O=C1C2=C(C=CCC2)c2ccc3c([nH]c4ccc(Br)cc43)c21. The van der Waals surface area contributed by atoms with Crippen LogP contribution in [0.4, 0.5) is 0 Å². The number of Topliss-reactive ketones (excluding diaryl/α,β-unsaturated/α-hetero) is 1. The van der Waals surface area contributed by atoms with Gasteiger partial charge in [0.05, 0.1) is 11.1 Å². The highest BCUT2D eigenvalue weighted by Crippen LogP contribution is 2.42. The Hall–Kier alpha value is -2.13. The fourth-order valence-corrected chi connectivity index (χ4v) is 4.06. The van der Waals surface area contributed by atoms with E-state index < -0.39 is 0 Å². The van der Waals surface area contributed by atoms with Crippen molar-refractivity contribution in [3.63, 3.8) is 0 Å². The molecule has 2 aliphatic carbocycles. The van der Waals surface area contributed by atoms with E-state index in [-0.39, 0.29) is 5.78 Å². The molecule has 0 aliphatic heterocycles. The zero-order valence-electron chi connectivity index (χ0n) is 11.7. The summed E-state index contributed by atoms with van der Waals surface area (Å²) in [7, 11) is 0. The summed E-state index contributed by atoms with van der Waals surface area (Å²) in [4.78, 5) is 16.3. The van der Waals surface area contributed by atoms with Crippen molar-refractivity contribution in [1.82, 2.24) is 4.98 Å². The fourth-order valence-electron chi connectivity index (χ4n) is 3.70. The molecule has 2 nitrogen and oxygen atoms in total. The minimum Gasteiger partial charge on any atom is -0.354 e. The first-order valence-electron chi connectivity index (χ1n) is 7.43. The van der Waals surface area contributed by atoms with Gasteiger partial charge in [-0.1, -0.05) is 40.2 Å². The van der Waals surface area contributed by atoms with Crippen molar-refractivity contribution in [1.29, 1.82) is 0 Å². The van der Waals surface area contributed by atoms with Gasteiger partial charge < -0.3 is 4.98 Å². The molecule has 0 radical (unpaired) electrons. The number of rotatable bonds is 0. The molecule has 5 rings (SSSR count). The molecule has 0 fully saturated rings. The standard InChI is InChI=1S/C19H12BrNO/c20-10-5-8-16-15(9-10)13-7-6-12-11-3-1-2-4-14(11)19(22)17(12)18(13)21-16/h1,3,5-9,21H,2,4H2. The number of fused-ring (bicyclic) bond motifs is 6. The van der Waals surface area contributed by atoms with E-state index in [2.05, 4.69) is 57.3 Å². The number of hydrogen-bond acceptors (Lipinski definition) is 1. The third kappa shape index (κ3) is 1.47. The second-order valence-corrected chi connectivity index (χ2v) is 6.80. The molecule has 0 saturated heterocycles. The first-order valence-corrected chi connectivity index (χ1v) is 8.22. The number of halogens is 1. The maximum absolute atomic E-state index is 12.9. The molecule has 0 bridgehead atoms. The molecule has 3 heteroatoms. The number of aromatic nitrogens is 1. The predicted octanol–water partition coefficient (Wildman–Crippen LogP) is 5.38. The van der Waals surface area contributed by atoms with Gasteiger partial charge in [0, 0.05) is 26.3 Å². The van der Waals surface area contributed by atoms with Crippen LogP contribution in [0.1, 0.15) is 28.8 Å². The molecular weight excluding hydrogens is 338 g/mol. The van der Waals surface area contributed by atoms with Gasteiger partial charge in [-0.25, -0.2) is 0 Å². The van der Waals surface area contributed by atoms with E-state index in [9.17, 15) is 4.79 Å². The molecule has 0 amide bonds. The average Bonchev–Trinajstić information content (AvgIpc) is 3.04. The van der Waals surface area contributed by atoms with E-state index in [4.69, 9.17) is 0 Å². The van der Waals surface area contributed by atoms with E-state index in [0.717, 1.165) is 61.4 Å². The Morgan fingerprint density at radius 2 is 2.00 bits per heavy atom. The van der Waals surface area contributed by atoms with Gasteiger partial charge in [-0.15, -0.1) is 0 Å². The van der Waals surface area contributed by atoms with Gasteiger partial charge in [0.15, 0.2) is 5.78 Å². The number of ketones is 1. The van der Waals surface area contributed by atoms with Crippen molar-refractivity contribution in [2.75, 3.05) is 0 Å². The van der Waals surface area contributed by atoms with Crippen LogP contribution in [0, 0.1) is 0 Å². The van der Waals surface area contributed by atoms with E-state index in [1.54, 1.807) is 0 Å². The Kier molecular flexibility index (Phi) is 2.37. The molecule has 0 saturated carbocycles. The quantitative estimate of drug-likeness (QED) is 0.580. The molecule has 106 valence electrons. The Balaban J connectivity index is 1.90. The molecule has 1 N–H and O–H groups in total. The van der Waals surface area contributed by atoms with Crippen LogP contribution in [0.2, 0.25) is 0 Å².